The summed E-state index contributed by atoms with van der Waals surface area (Å²) in [5, 5.41) is 6.20. The minimum Gasteiger partial charge on any atom is -0.492 e. The van der Waals surface area contributed by atoms with E-state index in [2.05, 4.69) is 25.3 Å². The number of methoxy groups -OCH3 is 1. The third-order valence-corrected chi connectivity index (χ3v) is 4.07. The number of benzene rings is 1. The first-order chi connectivity index (χ1) is 14.5. The summed E-state index contributed by atoms with van der Waals surface area (Å²) < 4.78 is 10.3. The van der Waals surface area contributed by atoms with Gasteiger partial charge in [0.2, 0.25) is 0 Å². The molecule has 0 unspecified atom stereocenters. The number of nitrogens with zero attached hydrogens (tertiary/aromatic N) is 2. The summed E-state index contributed by atoms with van der Waals surface area (Å²) >= 11 is 0. The Balaban J connectivity index is 1.88. The Morgan fingerprint density at radius 2 is 1.77 bits per heavy atom. The average Bonchev–Trinajstić information content (AvgIpc) is 2.75. The van der Waals surface area contributed by atoms with Crippen molar-refractivity contribution in [2.45, 2.75) is 6.92 Å². The van der Waals surface area contributed by atoms with E-state index in [0.717, 1.165) is 0 Å². The first kappa shape index (κ1) is 20.6. The summed E-state index contributed by atoms with van der Waals surface area (Å²) in [5.74, 6) is 0.433. The predicted octanol–water partition coefficient (Wildman–Crippen LogP) is 3.25. The molecule has 0 spiro atoms. The second kappa shape index (κ2) is 9.37. The highest BCUT2D eigenvalue weighted by molar-refractivity contribution is 5.99. The molecule has 0 aliphatic carbocycles. The lowest BCUT2D eigenvalue weighted by Crippen LogP contribution is -2.14. The Labute approximate surface area is 173 Å². The number of aromatic nitrogens is 2. The SMILES string of the molecule is CCOc1ccccc1Nc1cc(Nc2ccc(C(=O)OC)cn2)ncc1C(N)=O. The topological polar surface area (TPSA) is 128 Å². The van der Waals surface area contributed by atoms with E-state index in [1.807, 2.05) is 31.2 Å². The van der Waals surface area contributed by atoms with Crippen molar-refractivity contribution in [3.63, 3.8) is 0 Å². The molecule has 0 aliphatic rings. The van der Waals surface area contributed by atoms with Crippen LogP contribution in [0.3, 0.4) is 0 Å². The first-order valence-electron chi connectivity index (χ1n) is 9.12. The average molecular weight is 407 g/mol. The van der Waals surface area contributed by atoms with Crippen molar-refractivity contribution in [3.8, 4) is 5.75 Å². The number of primary amides is 1. The molecule has 2 aromatic heterocycles. The van der Waals surface area contributed by atoms with Crippen molar-refractivity contribution in [2.24, 2.45) is 5.73 Å². The molecule has 30 heavy (non-hydrogen) atoms. The Hall–Kier alpha value is -4.14. The third-order valence-electron chi connectivity index (χ3n) is 4.07. The minimum absolute atomic E-state index is 0.223. The standard InChI is InChI=1S/C21H21N5O4/c1-3-30-17-7-5-4-6-15(17)25-16-10-19(24-12-14(16)20(22)27)26-18-9-8-13(11-23-18)21(28)29-2/h4-12H,3H2,1-2H3,(H2,22,27)(H2,23,24,25,26). The van der Waals surface area contributed by atoms with Crippen molar-refractivity contribution in [1.82, 2.24) is 9.97 Å². The fourth-order valence-electron chi connectivity index (χ4n) is 2.66. The highest BCUT2D eigenvalue weighted by Gasteiger charge is 2.13. The molecule has 1 aromatic carbocycles. The zero-order valence-electron chi connectivity index (χ0n) is 16.5. The molecule has 0 fully saturated rings. The number of rotatable bonds is 8. The molecule has 154 valence electrons. The maximum absolute atomic E-state index is 11.9. The zero-order chi connectivity index (χ0) is 21.5. The van der Waals surface area contributed by atoms with Crippen LogP contribution in [0.15, 0.2) is 54.9 Å². The second-order valence-corrected chi connectivity index (χ2v) is 6.08. The van der Waals surface area contributed by atoms with Crippen molar-refractivity contribution in [3.05, 3.63) is 66.0 Å². The number of carbonyl (C=O) groups excluding carboxylic acids is 2. The fourth-order valence-corrected chi connectivity index (χ4v) is 2.66. The molecule has 9 heteroatoms. The second-order valence-electron chi connectivity index (χ2n) is 6.08. The van der Waals surface area contributed by atoms with Gasteiger partial charge in [-0.2, -0.15) is 0 Å². The molecule has 0 saturated heterocycles. The lowest BCUT2D eigenvalue weighted by molar-refractivity contribution is 0.0600. The van der Waals surface area contributed by atoms with E-state index in [1.165, 1.54) is 19.5 Å². The van der Waals surface area contributed by atoms with Crippen LogP contribution in [0.4, 0.5) is 23.0 Å². The van der Waals surface area contributed by atoms with E-state index in [4.69, 9.17) is 10.5 Å². The first-order valence-corrected chi connectivity index (χ1v) is 9.12. The predicted molar refractivity (Wildman–Crippen MR) is 113 cm³/mol. The summed E-state index contributed by atoms with van der Waals surface area (Å²) in [6, 6.07) is 12.2. The van der Waals surface area contributed by atoms with Crippen LogP contribution in [-0.4, -0.2) is 35.6 Å². The minimum atomic E-state index is -0.619. The molecular formula is C21H21N5O4. The van der Waals surface area contributed by atoms with Gasteiger partial charge in [-0.25, -0.2) is 14.8 Å². The molecule has 1 amide bonds. The quantitative estimate of drug-likeness (QED) is 0.486. The molecule has 0 aliphatic heterocycles. The highest BCUT2D eigenvalue weighted by atomic mass is 16.5. The number of nitrogens with one attached hydrogen (secondary N) is 2. The van der Waals surface area contributed by atoms with Gasteiger partial charge in [0.25, 0.3) is 5.91 Å². The maximum atomic E-state index is 11.9. The number of hydrogen-bond acceptors (Lipinski definition) is 8. The Morgan fingerprint density at radius 1 is 1.00 bits per heavy atom. The molecule has 0 radical (unpaired) electrons. The smallest absolute Gasteiger partial charge is 0.339 e. The van der Waals surface area contributed by atoms with E-state index in [1.54, 1.807) is 18.2 Å². The molecule has 0 atom stereocenters. The molecule has 9 nitrogen and oxygen atoms in total. The molecule has 4 N–H and O–H groups in total. The van der Waals surface area contributed by atoms with Gasteiger partial charge in [-0.05, 0) is 31.2 Å². The number of nitrogens with two attached hydrogens (primary N) is 1. The van der Waals surface area contributed by atoms with Crippen molar-refractivity contribution in [2.75, 3.05) is 24.4 Å². The van der Waals surface area contributed by atoms with Crippen molar-refractivity contribution >= 4 is 34.9 Å². The number of hydrogen-bond donors (Lipinski definition) is 3. The third kappa shape index (κ3) is 4.82. The largest absolute Gasteiger partial charge is 0.492 e. The van der Waals surface area contributed by atoms with Gasteiger partial charge in [-0.15, -0.1) is 0 Å². The number of pyridine rings is 2. The normalized spacial score (nSPS) is 10.2. The molecule has 0 bridgehead atoms. The van der Waals surface area contributed by atoms with Gasteiger partial charge < -0.3 is 25.8 Å². The van der Waals surface area contributed by atoms with Gasteiger partial charge in [0.15, 0.2) is 0 Å². The van der Waals surface area contributed by atoms with E-state index in [-0.39, 0.29) is 5.56 Å². The van der Waals surface area contributed by atoms with Crippen LogP contribution in [0.25, 0.3) is 0 Å². The number of carbonyl (C=O) groups is 2. The van der Waals surface area contributed by atoms with Crippen LogP contribution in [0.5, 0.6) is 5.75 Å². The van der Waals surface area contributed by atoms with Crippen LogP contribution < -0.4 is 21.1 Å². The maximum Gasteiger partial charge on any atom is 0.339 e. The van der Waals surface area contributed by atoms with Gasteiger partial charge in [0.05, 0.1) is 36.2 Å². The summed E-state index contributed by atoms with van der Waals surface area (Å²) in [7, 11) is 1.30. The van der Waals surface area contributed by atoms with Crippen molar-refractivity contribution in [1.29, 1.82) is 0 Å². The number of esters is 1. The summed E-state index contributed by atoms with van der Waals surface area (Å²) in [6.45, 7) is 2.39. The van der Waals surface area contributed by atoms with E-state index in [9.17, 15) is 9.59 Å². The number of ether oxygens (including phenoxy) is 2. The van der Waals surface area contributed by atoms with Crippen LogP contribution in [0, 0.1) is 0 Å². The fraction of sp³-hybridized carbons (Fsp3) is 0.143. The van der Waals surface area contributed by atoms with Gasteiger partial charge >= 0.3 is 5.97 Å². The molecular weight excluding hydrogens is 386 g/mol. The van der Waals surface area contributed by atoms with Gasteiger partial charge in [-0.1, -0.05) is 12.1 Å². The van der Waals surface area contributed by atoms with E-state index < -0.39 is 11.9 Å². The Kier molecular flexibility index (Phi) is 6.43. The summed E-state index contributed by atoms with van der Waals surface area (Å²) in [4.78, 5) is 31.8. The molecule has 3 rings (SSSR count). The van der Waals surface area contributed by atoms with Gasteiger partial charge in [0.1, 0.15) is 17.4 Å². The summed E-state index contributed by atoms with van der Waals surface area (Å²) in [5.41, 5.74) is 7.19. The van der Waals surface area contributed by atoms with Crippen molar-refractivity contribution < 1.29 is 19.1 Å². The molecule has 2 heterocycles. The zero-order valence-corrected chi connectivity index (χ0v) is 16.5. The van der Waals surface area contributed by atoms with Crippen LogP contribution in [0.1, 0.15) is 27.6 Å². The number of amides is 1. The van der Waals surface area contributed by atoms with E-state index in [0.29, 0.717) is 40.9 Å². The lowest BCUT2D eigenvalue weighted by atomic mass is 10.2. The van der Waals surface area contributed by atoms with Gasteiger partial charge in [0, 0.05) is 18.5 Å². The van der Waals surface area contributed by atoms with Crippen LogP contribution >= 0.6 is 0 Å². The Morgan fingerprint density at radius 3 is 2.43 bits per heavy atom. The monoisotopic (exact) mass is 407 g/mol. The molecule has 0 saturated carbocycles. The highest BCUT2D eigenvalue weighted by Crippen LogP contribution is 2.30. The van der Waals surface area contributed by atoms with Crippen LogP contribution in [-0.2, 0) is 4.74 Å². The number of para-hydroxylation sites is 2. The summed E-state index contributed by atoms with van der Waals surface area (Å²) in [6.07, 6.45) is 2.77. The van der Waals surface area contributed by atoms with Crippen LogP contribution in [0.2, 0.25) is 0 Å². The van der Waals surface area contributed by atoms with E-state index >= 15 is 0 Å². The Bertz CT molecular complexity index is 1050. The van der Waals surface area contributed by atoms with Gasteiger partial charge in [-0.3, -0.25) is 4.79 Å². The molecule has 3 aromatic rings. The number of anilines is 4. The lowest BCUT2D eigenvalue weighted by Gasteiger charge is -2.15.